The molecule has 6 rings (SSSR count). The van der Waals surface area contributed by atoms with E-state index in [9.17, 15) is 0 Å². The second-order valence-corrected chi connectivity index (χ2v) is 9.88. The summed E-state index contributed by atoms with van der Waals surface area (Å²) in [5.41, 5.74) is 13.4. The van der Waals surface area contributed by atoms with Gasteiger partial charge in [-0.05, 0) is 68.1 Å². The maximum Gasteiger partial charge on any atom is 0.0158 e. The van der Waals surface area contributed by atoms with Crippen molar-refractivity contribution in [3.05, 3.63) is 144 Å². The smallest absolute Gasteiger partial charge is 0.0158 e. The fourth-order valence-corrected chi connectivity index (χ4v) is 5.49. The quantitative estimate of drug-likeness (QED) is 0.264. The van der Waals surface area contributed by atoms with Crippen molar-refractivity contribution in [2.24, 2.45) is 0 Å². The Morgan fingerprint density at radius 1 is 0.441 bits per heavy atom. The highest BCUT2D eigenvalue weighted by atomic mass is 14.4. The van der Waals surface area contributed by atoms with Crippen molar-refractivity contribution < 1.29 is 0 Å². The zero-order valence-corrected chi connectivity index (χ0v) is 19.8. The van der Waals surface area contributed by atoms with Crippen LogP contribution in [0, 0.1) is 0 Å². The molecule has 0 heteroatoms. The van der Waals surface area contributed by atoms with Crippen LogP contribution in [-0.4, -0.2) is 0 Å². The van der Waals surface area contributed by atoms with Crippen molar-refractivity contribution in [2.45, 2.75) is 25.7 Å². The minimum atomic E-state index is 0.0308. The molecule has 0 nitrogen and oxygen atoms in total. The van der Waals surface area contributed by atoms with Crippen molar-refractivity contribution in [1.82, 2.24) is 0 Å². The molecular formula is C34H28. The molecular weight excluding hydrogens is 408 g/mol. The molecule has 0 aliphatic heterocycles. The summed E-state index contributed by atoms with van der Waals surface area (Å²) in [6, 6.07) is 44.4. The monoisotopic (exact) mass is 436 g/mol. The largest absolute Gasteiger partial charge is 0.0622 e. The van der Waals surface area contributed by atoms with Gasteiger partial charge < -0.3 is 0 Å². The van der Waals surface area contributed by atoms with E-state index in [0.29, 0.717) is 0 Å². The van der Waals surface area contributed by atoms with Crippen molar-refractivity contribution in [1.29, 1.82) is 0 Å². The Bertz CT molecular complexity index is 1420. The molecule has 164 valence electrons. The van der Waals surface area contributed by atoms with E-state index in [1.807, 2.05) is 0 Å². The first-order chi connectivity index (χ1) is 16.6. The van der Waals surface area contributed by atoms with Crippen LogP contribution in [0.25, 0.3) is 33.4 Å². The minimum Gasteiger partial charge on any atom is -0.0622 e. The lowest BCUT2D eigenvalue weighted by Crippen LogP contribution is -2.15. The lowest BCUT2D eigenvalue weighted by Gasteiger charge is -2.22. The number of hydrogen-bond acceptors (Lipinski definition) is 0. The first kappa shape index (κ1) is 20.7. The van der Waals surface area contributed by atoms with Gasteiger partial charge in [0.25, 0.3) is 0 Å². The third-order valence-corrected chi connectivity index (χ3v) is 7.26. The summed E-state index contributed by atoms with van der Waals surface area (Å²) in [7, 11) is 0. The van der Waals surface area contributed by atoms with E-state index in [4.69, 9.17) is 0 Å². The molecule has 1 aliphatic rings. The van der Waals surface area contributed by atoms with E-state index in [-0.39, 0.29) is 5.41 Å². The van der Waals surface area contributed by atoms with Gasteiger partial charge in [0.15, 0.2) is 0 Å². The Hall–Kier alpha value is -3.90. The van der Waals surface area contributed by atoms with E-state index >= 15 is 0 Å². The maximum atomic E-state index is 2.44. The van der Waals surface area contributed by atoms with Crippen molar-refractivity contribution >= 4 is 0 Å². The molecule has 0 amide bonds. The van der Waals surface area contributed by atoms with Crippen LogP contribution in [0.5, 0.6) is 0 Å². The number of benzene rings is 5. The van der Waals surface area contributed by atoms with Crippen molar-refractivity contribution in [3.63, 3.8) is 0 Å². The summed E-state index contributed by atoms with van der Waals surface area (Å²) >= 11 is 0. The average Bonchev–Trinajstić information content (AvgIpc) is 3.11. The first-order valence-corrected chi connectivity index (χ1v) is 12.1. The highest BCUT2D eigenvalue weighted by molar-refractivity contribution is 5.81. The molecule has 0 aromatic heterocycles. The van der Waals surface area contributed by atoms with Crippen molar-refractivity contribution in [3.8, 4) is 33.4 Å². The zero-order valence-electron chi connectivity index (χ0n) is 19.8. The predicted octanol–water partition coefficient (Wildman–Crippen LogP) is 8.92. The van der Waals surface area contributed by atoms with Crippen molar-refractivity contribution in [2.75, 3.05) is 0 Å². The fourth-order valence-electron chi connectivity index (χ4n) is 5.49. The molecule has 0 N–H and O–H groups in total. The molecule has 0 spiro atoms. The molecule has 0 bridgehead atoms. The third-order valence-electron chi connectivity index (χ3n) is 7.26. The summed E-state index contributed by atoms with van der Waals surface area (Å²) in [4.78, 5) is 0. The van der Waals surface area contributed by atoms with Crippen LogP contribution in [0.15, 0.2) is 121 Å². The molecule has 0 radical (unpaired) electrons. The Kier molecular flexibility index (Phi) is 4.96. The molecule has 0 heterocycles. The van der Waals surface area contributed by atoms with Crippen LogP contribution in [0.3, 0.4) is 0 Å². The summed E-state index contributed by atoms with van der Waals surface area (Å²) in [6.45, 7) is 4.70. The Labute approximate surface area is 202 Å². The zero-order chi connectivity index (χ0) is 23.1. The van der Waals surface area contributed by atoms with Crippen LogP contribution in [-0.2, 0) is 11.8 Å². The first-order valence-electron chi connectivity index (χ1n) is 12.1. The van der Waals surface area contributed by atoms with Gasteiger partial charge in [0.1, 0.15) is 0 Å². The summed E-state index contributed by atoms with van der Waals surface area (Å²) < 4.78 is 0. The lowest BCUT2D eigenvalue weighted by molar-refractivity contribution is 0.659. The maximum absolute atomic E-state index is 2.44. The second-order valence-electron chi connectivity index (χ2n) is 9.88. The molecule has 5 aromatic carbocycles. The third kappa shape index (κ3) is 3.56. The van der Waals surface area contributed by atoms with Gasteiger partial charge in [-0.15, -0.1) is 0 Å². The topological polar surface area (TPSA) is 0 Å². The highest BCUT2D eigenvalue weighted by Crippen LogP contribution is 2.48. The number of rotatable bonds is 4. The van der Waals surface area contributed by atoms with E-state index in [0.717, 1.165) is 6.42 Å². The number of fused-ring (bicyclic) bond motifs is 3. The molecule has 0 atom stereocenters. The van der Waals surface area contributed by atoms with Gasteiger partial charge in [-0.25, -0.2) is 0 Å². The Balaban J connectivity index is 1.42. The van der Waals surface area contributed by atoms with Gasteiger partial charge in [-0.2, -0.15) is 0 Å². The summed E-state index contributed by atoms with van der Waals surface area (Å²) in [5, 5.41) is 0. The van der Waals surface area contributed by atoms with E-state index in [1.165, 1.54) is 55.6 Å². The van der Waals surface area contributed by atoms with Gasteiger partial charge in [0.05, 0.1) is 0 Å². The van der Waals surface area contributed by atoms with Crippen LogP contribution >= 0.6 is 0 Å². The lowest BCUT2D eigenvalue weighted by atomic mass is 9.81. The average molecular weight is 437 g/mol. The van der Waals surface area contributed by atoms with E-state index in [2.05, 4.69) is 135 Å². The van der Waals surface area contributed by atoms with Gasteiger partial charge in [0, 0.05) is 5.41 Å². The minimum absolute atomic E-state index is 0.0308. The Morgan fingerprint density at radius 2 is 1.00 bits per heavy atom. The molecule has 1 aliphatic carbocycles. The molecule has 0 saturated carbocycles. The molecule has 34 heavy (non-hydrogen) atoms. The van der Waals surface area contributed by atoms with Crippen LogP contribution in [0.4, 0.5) is 0 Å². The van der Waals surface area contributed by atoms with E-state index in [1.54, 1.807) is 0 Å². The second kappa shape index (κ2) is 8.15. The van der Waals surface area contributed by atoms with Gasteiger partial charge in [-0.1, -0.05) is 129 Å². The van der Waals surface area contributed by atoms with Crippen LogP contribution in [0.2, 0.25) is 0 Å². The SMILES string of the molecule is CC1(C)c2ccccc2-c2ccc(Cc3cc(-c4ccccc4)cc(-c4ccccc4)c3)cc21. The molecule has 0 unspecified atom stereocenters. The molecule has 0 fully saturated rings. The van der Waals surface area contributed by atoms with Gasteiger partial charge >= 0.3 is 0 Å². The fraction of sp³-hybridized carbons (Fsp3) is 0.118. The normalized spacial score (nSPS) is 13.4. The van der Waals surface area contributed by atoms with Gasteiger partial charge in [0.2, 0.25) is 0 Å². The standard InChI is InChI=1S/C34H28/c1-34(2)32-16-10-9-15-30(32)31-18-17-24(22-33(31)34)19-25-20-28(26-11-5-3-6-12-26)23-29(21-25)27-13-7-4-8-14-27/h3-18,20-23H,19H2,1-2H3. The van der Waals surface area contributed by atoms with Gasteiger partial charge in [-0.3, -0.25) is 0 Å². The van der Waals surface area contributed by atoms with E-state index < -0.39 is 0 Å². The van der Waals surface area contributed by atoms with Crippen LogP contribution < -0.4 is 0 Å². The number of hydrogen-bond donors (Lipinski definition) is 0. The predicted molar refractivity (Wildman–Crippen MR) is 144 cm³/mol. The highest BCUT2D eigenvalue weighted by Gasteiger charge is 2.35. The summed E-state index contributed by atoms with van der Waals surface area (Å²) in [5.74, 6) is 0. The molecule has 5 aromatic rings. The Morgan fingerprint density at radius 3 is 1.65 bits per heavy atom. The molecule has 0 saturated heterocycles. The summed E-state index contributed by atoms with van der Waals surface area (Å²) in [6.07, 6.45) is 0.917. The van der Waals surface area contributed by atoms with Crippen LogP contribution in [0.1, 0.15) is 36.1 Å².